The van der Waals surface area contributed by atoms with Crippen molar-refractivity contribution < 1.29 is 18.9 Å². The van der Waals surface area contributed by atoms with Crippen LogP contribution in [-0.4, -0.2) is 37.2 Å². The second-order valence-corrected chi connectivity index (χ2v) is 8.38. The van der Waals surface area contributed by atoms with E-state index in [0.717, 1.165) is 33.8 Å². The molecule has 0 aliphatic heterocycles. The van der Waals surface area contributed by atoms with Gasteiger partial charge in [0.05, 0.1) is 26.8 Å². The maximum atomic E-state index is 6.25. The molecule has 6 nitrogen and oxygen atoms in total. The number of alkyl halides is 1. The summed E-state index contributed by atoms with van der Waals surface area (Å²) in [5.74, 6) is 3.54. The molecule has 30 heavy (non-hydrogen) atoms. The second kappa shape index (κ2) is 9.89. The summed E-state index contributed by atoms with van der Waals surface area (Å²) in [5.41, 5.74) is 1.88. The van der Waals surface area contributed by atoms with Crippen LogP contribution in [0.15, 0.2) is 42.5 Å². The lowest BCUT2D eigenvalue weighted by atomic mass is 10.1. The Hall–Kier alpha value is -2.67. The minimum atomic E-state index is -0.0295. The number of aromatic nitrogens is 1. The zero-order valence-electron chi connectivity index (χ0n) is 17.9. The topological polar surface area (TPSA) is 61.8 Å². The van der Waals surface area contributed by atoms with Crippen LogP contribution in [0.4, 0.5) is 5.82 Å². The van der Waals surface area contributed by atoms with Crippen LogP contribution in [0.1, 0.15) is 19.4 Å². The van der Waals surface area contributed by atoms with E-state index in [1.54, 1.807) is 21.3 Å². The Kier molecular flexibility index (Phi) is 7.26. The molecule has 1 unspecified atom stereocenters. The lowest BCUT2D eigenvalue weighted by Crippen LogP contribution is -2.21. The molecule has 1 aromatic heterocycles. The molecule has 0 fully saturated rings. The monoisotopic (exact) mass is 474 g/mol. The van der Waals surface area contributed by atoms with Crippen molar-refractivity contribution in [1.29, 1.82) is 0 Å². The number of benzene rings is 2. The number of fused-ring (bicyclic) bond motifs is 1. The van der Waals surface area contributed by atoms with Gasteiger partial charge in [-0.2, -0.15) is 0 Å². The molecule has 0 saturated heterocycles. The molecule has 2 aromatic carbocycles. The number of nitrogens with one attached hydrogen (secondary N) is 1. The van der Waals surface area contributed by atoms with Gasteiger partial charge in [-0.1, -0.05) is 28.1 Å². The van der Waals surface area contributed by atoms with Crippen molar-refractivity contribution in [2.45, 2.75) is 31.3 Å². The number of pyridine rings is 1. The predicted molar refractivity (Wildman–Crippen MR) is 124 cm³/mol. The van der Waals surface area contributed by atoms with Gasteiger partial charge < -0.3 is 24.3 Å². The summed E-state index contributed by atoms with van der Waals surface area (Å²) in [4.78, 5) is 4.95. The average Bonchev–Trinajstić information content (AvgIpc) is 2.76. The van der Waals surface area contributed by atoms with E-state index in [-0.39, 0.29) is 10.9 Å². The van der Waals surface area contributed by atoms with E-state index in [0.29, 0.717) is 18.0 Å². The first kappa shape index (κ1) is 22.0. The zero-order valence-corrected chi connectivity index (χ0v) is 19.4. The fourth-order valence-corrected chi connectivity index (χ4v) is 3.05. The fourth-order valence-electron chi connectivity index (χ4n) is 2.94. The van der Waals surface area contributed by atoms with Crippen LogP contribution in [0.25, 0.3) is 10.9 Å². The molecular weight excluding hydrogens is 448 g/mol. The van der Waals surface area contributed by atoms with Gasteiger partial charge in [-0.05, 0) is 37.6 Å². The quantitative estimate of drug-likeness (QED) is 0.417. The van der Waals surface area contributed by atoms with Gasteiger partial charge in [0.1, 0.15) is 23.4 Å². The smallest absolute Gasteiger partial charge is 0.162 e. The molecular formula is C23H27BrN2O4. The maximum absolute atomic E-state index is 6.25. The van der Waals surface area contributed by atoms with Crippen molar-refractivity contribution in [1.82, 2.24) is 4.98 Å². The zero-order chi connectivity index (χ0) is 21.7. The minimum Gasteiger partial charge on any atom is -0.497 e. The van der Waals surface area contributed by atoms with Crippen LogP contribution >= 0.6 is 15.9 Å². The molecule has 160 valence electrons. The first-order valence-corrected chi connectivity index (χ1v) is 10.6. The van der Waals surface area contributed by atoms with Gasteiger partial charge in [-0.15, -0.1) is 0 Å². The van der Waals surface area contributed by atoms with Crippen LogP contribution < -0.4 is 24.3 Å². The van der Waals surface area contributed by atoms with Gasteiger partial charge in [0, 0.05) is 28.9 Å². The van der Waals surface area contributed by atoms with Crippen molar-refractivity contribution in [3.05, 3.63) is 48.0 Å². The number of halogens is 1. The largest absolute Gasteiger partial charge is 0.497 e. The number of hydrogen-bond acceptors (Lipinski definition) is 6. The molecule has 0 amide bonds. The van der Waals surface area contributed by atoms with Crippen molar-refractivity contribution >= 4 is 32.7 Å². The number of hydrogen-bond donors (Lipinski definition) is 1. The van der Waals surface area contributed by atoms with Crippen LogP contribution in [-0.2, 0) is 6.54 Å². The van der Waals surface area contributed by atoms with Crippen molar-refractivity contribution in [2.75, 3.05) is 26.6 Å². The van der Waals surface area contributed by atoms with Crippen molar-refractivity contribution in [2.24, 2.45) is 0 Å². The molecule has 3 aromatic rings. The highest BCUT2D eigenvalue weighted by Gasteiger charge is 2.17. The van der Waals surface area contributed by atoms with Crippen LogP contribution in [0, 0.1) is 0 Å². The molecule has 1 heterocycles. The predicted octanol–water partition coefficient (Wildman–Crippen LogP) is 5.42. The summed E-state index contributed by atoms with van der Waals surface area (Å²) in [6.07, 6.45) is -0.0295. The van der Waals surface area contributed by atoms with E-state index in [4.69, 9.17) is 23.9 Å². The summed E-state index contributed by atoms with van der Waals surface area (Å²) < 4.78 is 22.4. The van der Waals surface area contributed by atoms with Gasteiger partial charge in [-0.3, -0.25) is 0 Å². The first-order valence-electron chi connectivity index (χ1n) is 9.69. The normalized spacial score (nSPS) is 12.9. The highest BCUT2D eigenvalue weighted by Crippen LogP contribution is 2.37. The van der Waals surface area contributed by atoms with E-state index in [1.165, 1.54) is 0 Å². The van der Waals surface area contributed by atoms with Gasteiger partial charge >= 0.3 is 0 Å². The van der Waals surface area contributed by atoms with Crippen molar-refractivity contribution in [3.63, 3.8) is 0 Å². The first-order chi connectivity index (χ1) is 14.4. The molecule has 0 saturated carbocycles. The minimum absolute atomic E-state index is 0.0295. The highest BCUT2D eigenvalue weighted by molar-refractivity contribution is 9.09. The summed E-state index contributed by atoms with van der Waals surface area (Å²) in [6, 6.07) is 13.6. The van der Waals surface area contributed by atoms with E-state index < -0.39 is 0 Å². The SMILES string of the molecule is COc1ccc(CNc2cc(O[C@@H](C)C(C)Br)c3cc(OC)c(OC)cc3n2)cc1. The second-order valence-electron chi connectivity index (χ2n) is 6.93. The molecule has 2 atom stereocenters. The third-order valence-corrected chi connectivity index (χ3v) is 5.61. The summed E-state index contributed by atoms with van der Waals surface area (Å²) in [7, 11) is 4.89. The molecule has 0 radical (unpaired) electrons. The highest BCUT2D eigenvalue weighted by atomic mass is 79.9. The summed E-state index contributed by atoms with van der Waals surface area (Å²) in [5, 5.41) is 4.25. The Bertz CT molecular complexity index is 993. The van der Waals surface area contributed by atoms with Gasteiger partial charge in [-0.25, -0.2) is 4.98 Å². The van der Waals surface area contributed by atoms with Gasteiger partial charge in [0.2, 0.25) is 0 Å². The molecule has 0 spiro atoms. The third kappa shape index (κ3) is 5.08. The molecule has 1 N–H and O–H groups in total. The molecule has 0 aliphatic carbocycles. The van der Waals surface area contributed by atoms with Crippen LogP contribution in [0.5, 0.6) is 23.0 Å². The molecule has 3 rings (SSSR count). The number of ether oxygens (including phenoxy) is 4. The third-order valence-electron chi connectivity index (χ3n) is 4.87. The number of methoxy groups -OCH3 is 3. The van der Waals surface area contributed by atoms with E-state index in [2.05, 4.69) is 28.2 Å². The van der Waals surface area contributed by atoms with E-state index in [1.807, 2.05) is 49.4 Å². The van der Waals surface area contributed by atoms with E-state index >= 15 is 0 Å². The van der Waals surface area contributed by atoms with E-state index in [9.17, 15) is 0 Å². The summed E-state index contributed by atoms with van der Waals surface area (Å²) in [6.45, 7) is 4.71. The van der Waals surface area contributed by atoms with Gasteiger partial charge in [0.15, 0.2) is 11.5 Å². The Morgan fingerprint density at radius 2 is 1.57 bits per heavy atom. The Balaban J connectivity index is 1.96. The van der Waals surface area contributed by atoms with Crippen LogP contribution in [0.3, 0.4) is 0 Å². The Morgan fingerprint density at radius 3 is 2.17 bits per heavy atom. The number of anilines is 1. The maximum Gasteiger partial charge on any atom is 0.162 e. The number of nitrogens with zero attached hydrogens (tertiary/aromatic N) is 1. The molecule has 0 aliphatic rings. The standard InChI is InChI=1S/C23H27BrN2O4/c1-14(24)15(2)30-20-12-23(25-13-16-6-8-17(27-3)9-7-16)26-19-11-22(29-5)21(28-4)10-18(19)20/h6-12,14-15H,13H2,1-5H3,(H,25,26)/t14?,15-/m0/s1. The lowest BCUT2D eigenvalue weighted by molar-refractivity contribution is 0.227. The lowest BCUT2D eigenvalue weighted by Gasteiger charge is -2.20. The van der Waals surface area contributed by atoms with Crippen LogP contribution in [0.2, 0.25) is 0 Å². The Morgan fingerprint density at radius 1 is 0.900 bits per heavy atom. The molecule has 0 bridgehead atoms. The Labute approximate surface area is 185 Å². The number of rotatable bonds is 9. The van der Waals surface area contributed by atoms with Crippen molar-refractivity contribution in [3.8, 4) is 23.0 Å². The average molecular weight is 475 g/mol. The summed E-state index contributed by atoms with van der Waals surface area (Å²) >= 11 is 3.59. The molecule has 7 heteroatoms. The fraction of sp³-hybridized carbons (Fsp3) is 0.348. The van der Waals surface area contributed by atoms with Gasteiger partial charge in [0.25, 0.3) is 0 Å².